The fourth-order valence-electron chi connectivity index (χ4n) is 8.35. The first-order valence-electron chi connectivity index (χ1n) is 17.9. The van der Waals surface area contributed by atoms with Crippen LogP contribution in [-0.4, -0.2) is 0 Å². The SMILES string of the molecule is Cc1cccc(N(c2cccc(C)c2)c2ccc(-c3c4ccccc4c(-c4cccc5sc6ccccc6c45)c4ccccc34)c3ccccc23)c1. The number of hydrogen-bond acceptors (Lipinski definition) is 2. The van der Waals surface area contributed by atoms with Crippen molar-refractivity contribution >= 4 is 80.9 Å². The molecular formula is C50H35NS. The van der Waals surface area contributed by atoms with Gasteiger partial charge in [0.15, 0.2) is 0 Å². The van der Waals surface area contributed by atoms with Crippen LogP contribution in [0.5, 0.6) is 0 Å². The average Bonchev–Trinajstić information content (AvgIpc) is 3.57. The fraction of sp³-hybridized carbons (Fsp3) is 0.0400. The number of hydrogen-bond donors (Lipinski definition) is 0. The van der Waals surface area contributed by atoms with Gasteiger partial charge in [0.2, 0.25) is 0 Å². The van der Waals surface area contributed by atoms with Gasteiger partial charge in [0.05, 0.1) is 5.69 Å². The molecule has 1 heterocycles. The van der Waals surface area contributed by atoms with Crippen molar-refractivity contribution in [2.24, 2.45) is 0 Å². The van der Waals surface area contributed by atoms with Crippen molar-refractivity contribution in [3.05, 3.63) is 187 Å². The highest BCUT2D eigenvalue weighted by atomic mass is 32.1. The van der Waals surface area contributed by atoms with Gasteiger partial charge in [-0.15, -0.1) is 11.3 Å². The number of rotatable bonds is 5. The predicted octanol–water partition coefficient (Wildman–Crippen LogP) is 14.9. The Morgan fingerprint density at radius 3 is 1.44 bits per heavy atom. The number of anilines is 3. The van der Waals surface area contributed by atoms with E-state index in [1.165, 1.54) is 85.9 Å². The summed E-state index contributed by atoms with van der Waals surface area (Å²) in [6.07, 6.45) is 0. The maximum atomic E-state index is 2.41. The van der Waals surface area contributed by atoms with Crippen molar-refractivity contribution < 1.29 is 0 Å². The van der Waals surface area contributed by atoms with Gasteiger partial charge < -0.3 is 4.90 Å². The zero-order valence-corrected chi connectivity index (χ0v) is 29.9. The Morgan fingerprint density at radius 2 is 0.846 bits per heavy atom. The van der Waals surface area contributed by atoms with Crippen molar-refractivity contribution in [2.45, 2.75) is 13.8 Å². The van der Waals surface area contributed by atoms with Crippen molar-refractivity contribution in [1.82, 2.24) is 0 Å². The maximum Gasteiger partial charge on any atom is 0.0540 e. The van der Waals surface area contributed by atoms with E-state index in [-0.39, 0.29) is 0 Å². The summed E-state index contributed by atoms with van der Waals surface area (Å²) in [6.45, 7) is 4.33. The Labute approximate surface area is 307 Å². The van der Waals surface area contributed by atoms with E-state index in [2.05, 4.69) is 195 Å². The van der Waals surface area contributed by atoms with Crippen LogP contribution >= 0.6 is 11.3 Å². The van der Waals surface area contributed by atoms with Gasteiger partial charge in [-0.05, 0) is 117 Å². The lowest BCUT2D eigenvalue weighted by molar-refractivity contribution is 1.27. The largest absolute Gasteiger partial charge is 0.310 e. The minimum absolute atomic E-state index is 1.15. The summed E-state index contributed by atoms with van der Waals surface area (Å²) in [4.78, 5) is 2.41. The van der Waals surface area contributed by atoms with Crippen molar-refractivity contribution in [2.75, 3.05) is 4.90 Å². The molecule has 0 N–H and O–H groups in total. The van der Waals surface area contributed by atoms with Crippen LogP contribution in [0.4, 0.5) is 17.1 Å². The molecule has 1 aromatic heterocycles. The van der Waals surface area contributed by atoms with Gasteiger partial charge >= 0.3 is 0 Å². The molecule has 0 spiro atoms. The van der Waals surface area contributed by atoms with Crippen LogP contribution in [0.15, 0.2) is 176 Å². The molecule has 0 fully saturated rings. The number of fused-ring (bicyclic) bond motifs is 6. The zero-order chi connectivity index (χ0) is 34.8. The molecule has 0 atom stereocenters. The normalized spacial score (nSPS) is 11.7. The van der Waals surface area contributed by atoms with Gasteiger partial charge in [-0.1, -0.05) is 133 Å². The van der Waals surface area contributed by atoms with E-state index in [1.54, 1.807) is 0 Å². The third-order valence-corrected chi connectivity index (χ3v) is 11.7. The predicted molar refractivity (Wildman–Crippen MR) is 227 cm³/mol. The van der Waals surface area contributed by atoms with Crippen LogP contribution in [0.3, 0.4) is 0 Å². The molecule has 0 aliphatic heterocycles. The molecule has 0 saturated heterocycles. The molecule has 0 bridgehead atoms. The highest BCUT2D eigenvalue weighted by Gasteiger charge is 2.22. The molecule has 10 rings (SSSR count). The molecule has 0 unspecified atom stereocenters. The number of thiophene rings is 1. The molecule has 0 amide bonds. The standard InChI is InChI=1S/C50H35NS/c1-32-14-11-16-34(30-32)51(35-17-12-15-33(2)31-35)45-29-28-42(36-18-3-4-19-37(36)45)48-38-20-5-7-22-40(38)49(41-23-8-6-21-39(41)48)44-25-13-27-47-50(44)43-24-9-10-26-46(43)52-47/h3-31H,1-2H3. The van der Waals surface area contributed by atoms with E-state index < -0.39 is 0 Å². The third-order valence-electron chi connectivity index (χ3n) is 10.5. The van der Waals surface area contributed by atoms with Crippen LogP contribution in [0.25, 0.3) is 74.7 Å². The molecule has 0 saturated carbocycles. The summed E-state index contributed by atoms with van der Waals surface area (Å²) in [6, 6.07) is 65.0. The number of nitrogens with zero attached hydrogens (tertiary/aromatic N) is 1. The summed E-state index contributed by atoms with van der Waals surface area (Å²) >= 11 is 1.88. The fourth-order valence-corrected chi connectivity index (χ4v) is 9.48. The molecule has 0 aliphatic rings. The minimum atomic E-state index is 1.15. The second kappa shape index (κ2) is 12.2. The van der Waals surface area contributed by atoms with Gasteiger partial charge in [0, 0.05) is 36.9 Å². The zero-order valence-electron chi connectivity index (χ0n) is 29.1. The molecule has 0 aliphatic carbocycles. The smallest absolute Gasteiger partial charge is 0.0540 e. The highest BCUT2D eigenvalue weighted by Crippen LogP contribution is 2.50. The lowest BCUT2D eigenvalue weighted by atomic mass is 9.83. The summed E-state index contributed by atoms with van der Waals surface area (Å²) in [5, 5.41) is 10.2. The second-order valence-corrected chi connectivity index (χ2v) is 14.9. The summed E-state index contributed by atoms with van der Waals surface area (Å²) in [7, 11) is 0. The van der Waals surface area contributed by atoms with Crippen molar-refractivity contribution in [3.8, 4) is 22.3 Å². The summed E-state index contributed by atoms with van der Waals surface area (Å²) < 4.78 is 2.65. The van der Waals surface area contributed by atoms with E-state index in [0.717, 1.165) is 17.1 Å². The monoisotopic (exact) mass is 681 g/mol. The van der Waals surface area contributed by atoms with Crippen molar-refractivity contribution in [1.29, 1.82) is 0 Å². The van der Waals surface area contributed by atoms with Gasteiger partial charge in [-0.25, -0.2) is 0 Å². The summed E-state index contributed by atoms with van der Waals surface area (Å²) in [5.41, 5.74) is 11.1. The Morgan fingerprint density at radius 1 is 0.365 bits per heavy atom. The molecule has 52 heavy (non-hydrogen) atoms. The molecule has 1 nitrogen and oxygen atoms in total. The highest BCUT2D eigenvalue weighted by molar-refractivity contribution is 7.25. The Hall–Kier alpha value is -6.22. The van der Waals surface area contributed by atoms with Crippen LogP contribution in [0.2, 0.25) is 0 Å². The van der Waals surface area contributed by atoms with Crippen LogP contribution in [0, 0.1) is 13.8 Å². The third kappa shape index (κ3) is 4.83. The number of benzene rings is 9. The van der Waals surface area contributed by atoms with Crippen LogP contribution in [0.1, 0.15) is 11.1 Å². The van der Waals surface area contributed by atoms with Crippen LogP contribution in [-0.2, 0) is 0 Å². The van der Waals surface area contributed by atoms with E-state index >= 15 is 0 Å². The van der Waals surface area contributed by atoms with Crippen LogP contribution < -0.4 is 4.90 Å². The Bertz CT molecular complexity index is 2900. The first-order chi connectivity index (χ1) is 25.6. The Balaban J connectivity index is 1.28. The summed E-state index contributed by atoms with van der Waals surface area (Å²) in [5.74, 6) is 0. The lowest BCUT2D eigenvalue weighted by Gasteiger charge is -2.28. The van der Waals surface area contributed by atoms with E-state index in [1.807, 2.05) is 11.3 Å². The van der Waals surface area contributed by atoms with Gasteiger partial charge in [-0.3, -0.25) is 0 Å². The molecule has 246 valence electrons. The van der Waals surface area contributed by atoms with Crippen molar-refractivity contribution in [3.63, 3.8) is 0 Å². The second-order valence-electron chi connectivity index (χ2n) is 13.8. The molecule has 10 aromatic rings. The molecular weight excluding hydrogens is 647 g/mol. The van der Waals surface area contributed by atoms with E-state index in [0.29, 0.717) is 0 Å². The number of aryl methyl sites for hydroxylation is 2. The van der Waals surface area contributed by atoms with Gasteiger partial charge in [0.1, 0.15) is 0 Å². The Kier molecular flexibility index (Phi) is 7.19. The quantitative estimate of drug-likeness (QED) is 0.163. The topological polar surface area (TPSA) is 3.24 Å². The van der Waals surface area contributed by atoms with E-state index in [4.69, 9.17) is 0 Å². The lowest BCUT2D eigenvalue weighted by Crippen LogP contribution is -2.11. The minimum Gasteiger partial charge on any atom is -0.310 e. The molecule has 2 heteroatoms. The molecule has 0 radical (unpaired) electrons. The molecule has 9 aromatic carbocycles. The first-order valence-corrected chi connectivity index (χ1v) is 18.8. The maximum absolute atomic E-state index is 2.41. The van der Waals surface area contributed by atoms with Gasteiger partial charge in [-0.2, -0.15) is 0 Å². The van der Waals surface area contributed by atoms with Gasteiger partial charge in [0.25, 0.3) is 0 Å². The van der Waals surface area contributed by atoms with E-state index in [9.17, 15) is 0 Å². The average molecular weight is 682 g/mol. The first kappa shape index (κ1) is 30.6.